The molecule has 0 bridgehead atoms. The lowest BCUT2D eigenvalue weighted by atomic mass is 10.4. The molecule has 0 saturated carbocycles. The predicted molar refractivity (Wildman–Crippen MR) is 61.5 cm³/mol. The smallest absolute Gasteiger partial charge is 0.166 e. The fourth-order valence-electron chi connectivity index (χ4n) is 0.886. The molecule has 14 heavy (non-hydrogen) atoms. The van der Waals surface area contributed by atoms with Crippen LogP contribution in [0.1, 0.15) is 13.8 Å². The molecular formula is C9H20N2O2S. The number of hydrogen-bond donors (Lipinski definition) is 2. The quantitative estimate of drug-likeness (QED) is 0.639. The van der Waals surface area contributed by atoms with Crippen molar-refractivity contribution in [2.45, 2.75) is 26.0 Å². The first kappa shape index (κ1) is 13.6. The van der Waals surface area contributed by atoms with Crippen LogP contribution in [0.25, 0.3) is 0 Å². The van der Waals surface area contributed by atoms with Crippen molar-refractivity contribution in [3.05, 3.63) is 0 Å². The van der Waals surface area contributed by atoms with Gasteiger partial charge in [0, 0.05) is 26.8 Å². The Morgan fingerprint density at radius 1 is 1.36 bits per heavy atom. The van der Waals surface area contributed by atoms with Crippen LogP contribution in [-0.4, -0.2) is 44.6 Å². The highest BCUT2D eigenvalue weighted by Crippen LogP contribution is 1.85. The lowest BCUT2D eigenvalue weighted by Gasteiger charge is -2.17. The lowest BCUT2D eigenvalue weighted by molar-refractivity contribution is 0.121. The second-order valence-corrected chi connectivity index (χ2v) is 3.67. The second-order valence-electron chi connectivity index (χ2n) is 3.26. The van der Waals surface area contributed by atoms with Crippen LogP contribution in [0, 0.1) is 0 Å². The zero-order chi connectivity index (χ0) is 11.0. The summed E-state index contributed by atoms with van der Waals surface area (Å²) in [6, 6.07) is 0.220. The molecule has 84 valence electrons. The minimum absolute atomic E-state index is 0.160. The van der Waals surface area contributed by atoms with Crippen molar-refractivity contribution in [2.24, 2.45) is 0 Å². The molecule has 4 nitrogen and oxygen atoms in total. The first-order valence-electron chi connectivity index (χ1n) is 4.66. The molecule has 0 fully saturated rings. The molecule has 0 aromatic carbocycles. The molecule has 0 aliphatic carbocycles. The molecule has 5 heteroatoms. The molecule has 0 aromatic rings. The van der Waals surface area contributed by atoms with Gasteiger partial charge < -0.3 is 20.1 Å². The molecule has 0 saturated heterocycles. The maximum atomic E-state index is 5.08. The summed E-state index contributed by atoms with van der Waals surface area (Å²) >= 11 is 5.08. The Labute approximate surface area is 91.3 Å². The summed E-state index contributed by atoms with van der Waals surface area (Å²) in [5.74, 6) is 0. The van der Waals surface area contributed by atoms with Crippen LogP contribution in [0.15, 0.2) is 0 Å². The van der Waals surface area contributed by atoms with Crippen molar-refractivity contribution in [3.8, 4) is 0 Å². The number of methoxy groups -OCH3 is 2. The van der Waals surface area contributed by atoms with Crippen LogP contribution in [-0.2, 0) is 9.47 Å². The van der Waals surface area contributed by atoms with Gasteiger partial charge in [-0.05, 0) is 26.1 Å². The third-order valence-corrected chi connectivity index (χ3v) is 2.01. The van der Waals surface area contributed by atoms with Gasteiger partial charge in [0.2, 0.25) is 0 Å². The molecule has 2 unspecified atom stereocenters. The van der Waals surface area contributed by atoms with Crippen molar-refractivity contribution in [1.29, 1.82) is 0 Å². The van der Waals surface area contributed by atoms with Crippen molar-refractivity contribution in [3.63, 3.8) is 0 Å². The summed E-state index contributed by atoms with van der Waals surface area (Å²) in [6.45, 7) is 5.34. The molecule has 0 aromatic heterocycles. The molecule has 0 radical (unpaired) electrons. The normalized spacial score (nSPS) is 14.6. The Balaban J connectivity index is 3.54. The van der Waals surface area contributed by atoms with E-state index in [-0.39, 0.29) is 12.1 Å². The topological polar surface area (TPSA) is 42.5 Å². The van der Waals surface area contributed by atoms with Crippen LogP contribution >= 0.6 is 12.2 Å². The molecule has 0 aliphatic rings. The SMILES string of the molecule is COCC(C)NC(=S)NCC(C)OC. The van der Waals surface area contributed by atoms with Crippen LogP contribution in [0.4, 0.5) is 0 Å². The molecule has 0 amide bonds. The number of hydrogen-bond acceptors (Lipinski definition) is 3. The van der Waals surface area contributed by atoms with E-state index < -0.39 is 0 Å². The van der Waals surface area contributed by atoms with Crippen molar-refractivity contribution in [2.75, 3.05) is 27.4 Å². The number of nitrogens with one attached hydrogen (secondary N) is 2. The van der Waals surface area contributed by atoms with Gasteiger partial charge in [0.25, 0.3) is 0 Å². The van der Waals surface area contributed by atoms with E-state index in [0.29, 0.717) is 18.3 Å². The Morgan fingerprint density at radius 2 is 2.00 bits per heavy atom. The zero-order valence-corrected chi connectivity index (χ0v) is 10.1. The summed E-state index contributed by atoms with van der Waals surface area (Å²) in [7, 11) is 3.35. The van der Waals surface area contributed by atoms with Gasteiger partial charge in [0.05, 0.1) is 12.7 Å². The standard InChI is InChI=1S/C9H20N2O2S/c1-7(6-12-3)11-9(14)10-5-8(2)13-4/h7-8H,5-6H2,1-4H3,(H2,10,11,14). The summed E-state index contributed by atoms with van der Waals surface area (Å²) < 4.78 is 10.1. The van der Waals surface area contributed by atoms with Crippen LogP contribution in [0.3, 0.4) is 0 Å². The van der Waals surface area contributed by atoms with Gasteiger partial charge in [-0.2, -0.15) is 0 Å². The molecule has 0 heterocycles. The second kappa shape index (κ2) is 7.96. The largest absolute Gasteiger partial charge is 0.383 e. The highest BCUT2D eigenvalue weighted by atomic mass is 32.1. The first-order valence-corrected chi connectivity index (χ1v) is 5.07. The highest BCUT2D eigenvalue weighted by Gasteiger charge is 2.04. The monoisotopic (exact) mass is 220 g/mol. The van der Waals surface area contributed by atoms with Gasteiger partial charge in [-0.25, -0.2) is 0 Å². The number of thiocarbonyl (C=S) groups is 1. The number of rotatable bonds is 6. The van der Waals surface area contributed by atoms with Gasteiger partial charge in [0.15, 0.2) is 5.11 Å². The van der Waals surface area contributed by atoms with E-state index in [4.69, 9.17) is 21.7 Å². The van der Waals surface area contributed by atoms with Crippen LogP contribution < -0.4 is 10.6 Å². The zero-order valence-electron chi connectivity index (χ0n) is 9.29. The van der Waals surface area contributed by atoms with Gasteiger partial charge in [0.1, 0.15) is 0 Å². The average molecular weight is 220 g/mol. The van der Waals surface area contributed by atoms with E-state index in [0.717, 1.165) is 0 Å². The molecular weight excluding hydrogens is 200 g/mol. The third kappa shape index (κ3) is 7.06. The molecule has 2 N–H and O–H groups in total. The first-order chi connectivity index (χ1) is 6.60. The van der Waals surface area contributed by atoms with Gasteiger partial charge in [-0.3, -0.25) is 0 Å². The maximum Gasteiger partial charge on any atom is 0.166 e. The third-order valence-electron chi connectivity index (χ3n) is 1.75. The average Bonchev–Trinajstić information content (AvgIpc) is 2.14. The Hall–Kier alpha value is -0.390. The Morgan fingerprint density at radius 3 is 2.50 bits per heavy atom. The van der Waals surface area contributed by atoms with Crippen molar-refractivity contribution < 1.29 is 9.47 Å². The van der Waals surface area contributed by atoms with E-state index >= 15 is 0 Å². The van der Waals surface area contributed by atoms with Crippen molar-refractivity contribution in [1.82, 2.24) is 10.6 Å². The predicted octanol–water partition coefficient (Wildman–Crippen LogP) is 0.520. The maximum absolute atomic E-state index is 5.08. The summed E-state index contributed by atoms with van der Waals surface area (Å²) in [4.78, 5) is 0. The Kier molecular flexibility index (Phi) is 7.74. The van der Waals surface area contributed by atoms with Gasteiger partial charge in [-0.15, -0.1) is 0 Å². The van der Waals surface area contributed by atoms with E-state index in [1.54, 1.807) is 14.2 Å². The minimum atomic E-state index is 0.160. The fourth-order valence-corrected chi connectivity index (χ4v) is 1.17. The summed E-state index contributed by atoms with van der Waals surface area (Å²) in [6.07, 6.45) is 0.160. The van der Waals surface area contributed by atoms with Gasteiger partial charge >= 0.3 is 0 Å². The molecule has 0 rings (SSSR count). The van der Waals surface area contributed by atoms with Crippen molar-refractivity contribution >= 4 is 17.3 Å². The van der Waals surface area contributed by atoms with E-state index in [9.17, 15) is 0 Å². The summed E-state index contributed by atoms with van der Waals surface area (Å²) in [5.41, 5.74) is 0. The van der Waals surface area contributed by atoms with Gasteiger partial charge in [-0.1, -0.05) is 0 Å². The van der Waals surface area contributed by atoms with Crippen LogP contribution in [0.5, 0.6) is 0 Å². The highest BCUT2D eigenvalue weighted by molar-refractivity contribution is 7.80. The van der Waals surface area contributed by atoms with E-state index in [1.807, 2.05) is 13.8 Å². The van der Waals surface area contributed by atoms with E-state index in [2.05, 4.69) is 10.6 Å². The van der Waals surface area contributed by atoms with Crippen LogP contribution in [0.2, 0.25) is 0 Å². The van der Waals surface area contributed by atoms with E-state index in [1.165, 1.54) is 0 Å². The fraction of sp³-hybridized carbons (Fsp3) is 0.889. The molecule has 0 aliphatic heterocycles. The molecule has 0 spiro atoms. The Bertz CT molecular complexity index is 167. The summed E-state index contributed by atoms with van der Waals surface area (Å²) in [5, 5.41) is 6.80. The minimum Gasteiger partial charge on any atom is -0.383 e. The lowest BCUT2D eigenvalue weighted by Crippen LogP contribution is -2.44. The molecule has 2 atom stereocenters. The number of ether oxygens (including phenoxy) is 2.